The first-order chi connectivity index (χ1) is 36.5. The smallest absolute Gasteiger partial charge is 0.264 e. The summed E-state index contributed by atoms with van der Waals surface area (Å²) in [4.78, 5) is 82.4. The predicted molar refractivity (Wildman–Crippen MR) is 273 cm³/mol. The van der Waals surface area contributed by atoms with Gasteiger partial charge in [-0.05, 0) is 91.4 Å². The molecule has 5 aromatic rings. The predicted octanol–water partition coefficient (Wildman–Crippen LogP) is 4.08. The number of piperidine rings is 1. The van der Waals surface area contributed by atoms with Gasteiger partial charge in [0.25, 0.3) is 17.7 Å². The number of carbonyl (C=O) groups excluding carboxylic acids is 6. The molecule has 5 heterocycles. The highest BCUT2D eigenvalue weighted by Gasteiger charge is 2.45. The van der Waals surface area contributed by atoms with Crippen molar-refractivity contribution in [2.45, 2.75) is 44.2 Å². The number of benzene rings is 4. The number of halogens is 2. The van der Waals surface area contributed by atoms with Crippen molar-refractivity contribution in [3.63, 3.8) is 0 Å². The fourth-order valence-corrected chi connectivity index (χ4v) is 9.65. The van der Waals surface area contributed by atoms with Crippen LogP contribution in [0.4, 0.5) is 31.7 Å². The lowest BCUT2D eigenvalue weighted by molar-refractivity contribution is -0.136. The van der Waals surface area contributed by atoms with E-state index in [1.54, 1.807) is 18.2 Å². The molecule has 9 rings (SSSR count). The number of fused-ring (bicyclic) bond motifs is 2. The summed E-state index contributed by atoms with van der Waals surface area (Å²) in [5.74, 6) is -3.63. The zero-order chi connectivity index (χ0) is 52.3. The van der Waals surface area contributed by atoms with E-state index < -0.39 is 41.3 Å². The van der Waals surface area contributed by atoms with Crippen LogP contribution in [-0.2, 0) is 39.8 Å². The maximum absolute atomic E-state index is 14.0. The van der Waals surface area contributed by atoms with Crippen LogP contribution in [-0.4, -0.2) is 166 Å². The van der Waals surface area contributed by atoms with Crippen LogP contribution >= 0.6 is 0 Å². The molecule has 1 atom stereocenters. The van der Waals surface area contributed by atoms with Gasteiger partial charge in [0.2, 0.25) is 17.7 Å². The van der Waals surface area contributed by atoms with Gasteiger partial charge in [0.15, 0.2) is 5.82 Å². The van der Waals surface area contributed by atoms with Crippen LogP contribution in [0.3, 0.4) is 0 Å². The van der Waals surface area contributed by atoms with Crippen LogP contribution in [0.5, 0.6) is 0 Å². The highest BCUT2D eigenvalue weighted by molar-refractivity contribution is 6.25. The molecule has 6 N–H and O–H groups in total. The zero-order valence-corrected chi connectivity index (χ0v) is 41.4. The van der Waals surface area contributed by atoms with E-state index in [1.165, 1.54) is 12.1 Å². The summed E-state index contributed by atoms with van der Waals surface area (Å²) in [7, 11) is 0. The van der Waals surface area contributed by atoms with E-state index in [4.69, 9.17) is 18.9 Å². The minimum absolute atomic E-state index is 0.0459. The Labute approximate surface area is 431 Å². The molecule has 0 saturated carbocycles. The van der Waals surface area contributed by atoms with Gasteiger partial charge < -0.3 is 45.1 Å². The molecule has 0 radical (unpaired) electrons. The summed E-state index contributed by atoms with van der Waals surface area (Å²) >= 11 is 0. The lowest BCUT2D eigenvalue weighted by Gasteiger charge is -2.36. The summed E-state index contributed by atoms with van der Waals surface area (Å²) in [6.45, 7) is 6.86. The fraction of sp³-hybridized carbons (Fsp3) is 0.415. The van der Waals surface area contributed by atoms with Crippen LogP contribution in [0.1, 0.15) is 67.9 Å². The van der Waals surface area contributed by atoms with E-state index >= 15 is 0 Å². The number of hydrogen-bond acceptors (Lipinski definition) is 15. The van der Waals surface area contributed by atoms with Gasteiger partial charge in [0.05, 0.1) is 68.4 Å². The number of anilines is 4. The molecular formula is C53H60F2N10O10. The Balaban J connectivity index is 0.655. The van der Waals surface area contributed by atoms with Gasteiger partial charge in [-0.15, -0.1) is 0 Å². The molecule has 22 heteroatoms. The maximum Gasteiger partial charge on any atom is 0.264 e. The Morgan fingerprint density at radius 2 is 1.49 bits per heavy atom. The van der Waals surface area contributed by atoms with Gasteiger partial charge in [-0.25, -0.2) is 8.78 Å². The van der Waals surface area contributed by atoms with Gasteiger partial charge in [0, 0.05) is 93.5 Å². The van der Waals surface area contributed by atoms with Gasteiger partial charge >= 0.3 is 0 Å². The number of nitrogens with zero attached hydrogens (tertiary/aromatic N) is 4. The number of rotatable bonds is 23. The number of H-pyrrole nitrogens is 1. The van der Waals surface area contributed by atoms with Crippen LogP contribution < -0.4 is 31.5 Å². The van der Waals surface area contributed by atoms with Crippen molar-refractivity contribution in [1.82, 2.24) is 30.6 Å². The van der Waals surface area contributed by atoms with Crippen molar-refractivity contribution < 1.29 is 56.5 Å². The summed E-state index contributed by atoms with van der Waals surface area (Å²) in [5, 5.41) is 22.8. The fourth-order valence-electron chi connectivity index (χ4n) is 9.65. The van der Waals surface area contributed by atoms with Crippen LogP contribution in [0.25, 0.3) is 10.9 Å². The second-order valence-corrected chi connectivity index (χ2v) is 18.7. The number of piperazine rings is 1. The monoisotopic (exact) mass is 1030 g/mol. The van der Waals surface area contributed by atoms with Crippen molar-refractivity contribution in [3.8, 4) is 0 Å². The average Bonchev–Trinajstić information content (AvgIpc) is 3.93. The molecule has 4 aromatic carbocycles. The van der Waals surface area contributed by atoms with Crippen molar-refractivity contribution >= 4 is 69.2 Å². The molecule has 396 valence electrons. The van der Waals surface area contributed by atoms with Crippen LogP contribution in [0.2, 0.25) is 0 Å². The number of amides is 6. The van der Waals surface area contributed by atoms with E-state index in [2.05, 4.69) is 46.6 Å². The average molecular weight is 1040 g/mol. The van der Waals surface area contributed by atoms with Crippen LogP contribution in [0.15, 0.2) is 72.8 Å². The molecule has 4 aliphatic rings. The number of imide groups is 2. The normalized spacial score (nSPS) is 17.3. The molecule has 75 heavy (non-hydrogen) atoms. The minimum Gasteiger partial charge on any atom is -0.382 e. The van der Waals surface area contributed by atoms with E-state index in [0.29, 0.717) is 138 Å². The number of aromatic amines is 1. The first-order valence-corrected chi connectivity index (χ1v) is 25.2. The quantitative estimate of drug-likeness (QED) is 0.0400. The summed E-state index contributed by atoms with van der Waals surface area (Å²) in [6.07, 6.45) is 2.01. The zero-order valence-electron chi connectivity index (χ0n) is 41.4. The van der Waals surface area contributed by atoms with E-state index in [0.717, 1.165) is 35.1 Å². The second-order valence-electron chi connectivity index (χ2n) is 18.7. The third-order valence-electron chi connectivity index (χ3n) is 13.5. The third kappa shape index (κ3) is 13.3. The summed E-state index contributed by atoms with van der Waals surface area (Å²) < 4.78 is 50.3. The van der Waals surface area contributed by atoms with E-state index in [-0.39, 0.29) is 48.4 Å². The van der Waals surface area contributed by atoms with Crippen LogP contribution in [0, 0.1) is 11.6 Å². The Hall–Kier alpha value is -7.37. The van der Waals surface area contributed by atoms with Gasteiger partial charge in [-0.1, -0.05) is 12.1 Å². The van der Waals surface area contributed by atoms with Gasteiger partial charge in [-0.3, -0.25) is 49.0 Å². The Bertz CT molecular complexity index is 2890. The van der Waals surface area contributed by atoms with Crippen molar-refractivity contribution in [2.24, 2.45) is 0 Å². The highest BCUT2D eigenvalue weighted by atomic mass is 19.1. The molecule has 20 nitrogen and oxygen atoms in total. The Morgan fingerprint density at radius 1 is 0.760 bits per heavy atom. The lowest BCUT2D eigenvalue weighted by atomic mass is 10.0. The van der Waals surface area contributed by atoms with Gasteiger partial charge in [-0.2, -0.15) is 5.10 Å². The van der Waals surface area contributed by atoms with Gasteiger partial charge in [0.1, 0.15) is 17.7 Å². The topological polar surface area (TPSA) is 238 Å². The molecule has 0 spiro atoms. The molecular weight excluding hydrogens is 975 g/mol. The summed E-state index contributed by atoms with van der Waals surface area (Å²) in [6, 6.07) is 18.7. The molecule has 3 saturated heterocycles. The number of carbonyl (C=O) groups is 6. The molecule has 0 bridgehead atoms. The molecule has 3 fully saturated rings. The van der Waals surface area contributed by atoms with E-state index in [9.17, 15) is 37.5 Å². The Kier molecular flexibility index (Phi) is 17.3. The minimum atomic E-state index is -1.04. The number of ether oxygens (including phenoxy) is 4. The molecule has 6 amide bonds. The number of hydrogen-bond donors (Lipinski definition) is 6. The van der Waals surface area contributed by atoms with Crippen molar-refractivity contribution in [3.05, 3.63) is 112 Å². The molecule has 0 aliphatic carbocycles. The maximum atomic E-state index is 14.0. The number of aromatic nitrogens is 2. The first kappa shape index (κ1) is 52.5. The number of nitrogens with one attached hydrogen (secondary N) is 6. The second kappa shape index (κ2) is 24.8. The summed E-state index contributed by atoms with van der Waals surface area (Å²) in [5.41, 5.74) is 4.91. The van der Waals surface area contributed by atoms with Crippen molar-refractivity contribution in [1.29, 1.82) is 0 Å². The molecule has 1 aromatic heterocycles. The Morgan fingerprint density at radius 3 is 2.24 bits per heavy atom. The first-order valence-electron chi connectivity index (χ1n) is 25.2. The standard InChI is InChI=1S/C53H60F2N10O10/c54-35-27-34(28-36(55)30-35)26-33-4-7-42-41(29-33)49(62-61-42)60-50(68)39-6-5-38(31-44(39)58-37-10-18-72-19-11-37)64-16-14-63(15-17-64)32-47(67)57-13-21-74-23-25-75-24-22-73-20-12-56-43-3-1-2-40-48(43)53(71)65(52(40)70)45-8-9-46(66)59-51(45)69/h1-7,27-31,37,45,56,58H,8-26,32H2,(H,57,67)(H,59,66,69)(H2,60,61,62,68). The highest BCUT2D eigenvalue weighted by Crippen LogP contribution is 2.33. The SMILES string of the molecule is O=C(CN1CCN(c2ccc(C(=O)Nc3n[nH]c4ccc(Cc5cc(F)cc(F)c5)cc34)c(NC3CCOCC3)c2)CC1)NCCOCCOCCOCCNc1cccc2c1C(=O)N(C1CCC(=O)NC1=O)C2=O. The van der Waals surface area contributed by atoms with E-state index in [1.807, 2.05) is 36.4 Å². The third-order valence-corrected chi connectivity index (χ3v) is 13.5. The molecule has 1 unspecified atom stereocenters. The van der Waals surface area contributed by atoms with Crippen molar-refractivity contribution in [2.75, 3.05) is 120 Å². The lowest BCUT2D eigenvalue weighted by Crippen LogP contribution is -2.54. The largest absolute Gasteiger partial charge is 0.382 e. The molecule has 4 aliphatic heterocycles.